The van der Waals surface area contributed by atoms with Gasteiger partial charge in [-0.1, -0.05) is 53.8 Å². The fourth-order valence-electron chi connectivity index (χ4n) is 3.44. The lowest BCUT2D eigenvalue weighted by Gasteiger charge is -2.14. The van der Waals surface area contributed by atoms with Crippen molar-refractivity contribution >= 4 is 69.2 Å². The lowest BCUT2D eigenvalue weighted by atomic mass is 10.2. The first-order chi connectivity index (χ1) is 17.8. The molecule has 0 saturated carbocycles. The molecule has 37 heavy (non-hydrogen) atoms. The number of halogens is 2. The maximum absolute atomic E-state index is 13.5. The van der Waals surface area contributed by atoms with Gasteiger partial charge in [0.15, 0.2) is 22.4 Å². The second kappa shape index (κ2) is 11.6. The molecule has 1 fully saturated rings. The minimum absolute atomic E-state index is 0.104. The number of carbonyl (C=O) groups excluding carboxylic acids is 2. The van der Waals surface area contributed by atoms with Gasteiger partial charge < -0.3 is 19.5 Å². The summed E-state index contributed by atoms with van der Waals surface area (Å²) >= 11 is 12.3. The molecule has 0 aliphatic carbocycles. The van der Waals surface area contributed by atoms with Gasteiger partial charge in [0, 0.05) is 0 Å². The summed E-state index contributed by atoms with van der Waals surface area (Å²) in [6.45, 7) is -0.257. The van der Waals surface area contributed by atoms with Crippen molar-refractivity contribution in [2.45, 2.75) is 0 Å². The molecule has 0 spiro atoms. The third-order valence-corrected chi connectivity index (χ3v) is 6.77. The first-order valence-corrected chi connectivity index (χ1v) is 12.4. The van der Waals surface area contributed by atoms with E-state index in [9.17, 15) is 14.0 Å². The number of ether oxygens (including phenoxy) is 3. The van der Waals surface area contributed by atoms with Crippen molar-refractivity contribution in [2.24, 2.45) is 0 Å². The first kappa shape index (κ1) is 26.5. The normalized spacial score (nSPS) is 14.2. The predicted octanol–water partition coefficient (Wildman–Crippen LogP) is 5.92. The Morgan fingerprint density at radius 3 is 2.57 bits per heavy atom. The Morgan fingerprint density at radius 2 is 1.84 bits per heavy atom. The third-order valence-electron chi connectivity index (χ3n) is 5.18. The van der Waals surface area contributed by atoms with Crippen molar-refractivity contribution < 1.29 is 28.2 Å². The van der Waals surface area contributed by atoms with Gasteiger partial charge in [0.05, 0.1) is 35.5 Å². The van der Waals surface area contributed by atoms with Gasteiger partial charge >= 0.3 is 0 Å². The van der Waals surface area contributed by atoms with Crippen LogP contribution in [-0.4, -0.2) is 37.0 Å². The Bertz CT molecular complexity index is 1420. The van der Waals surface area contributed by atoms with E-state index < -0.39 is 5.82 Å². The van der Waals surface area contributed by atoms with Gasteiger partial charge in [-0.05, 0) is 54.1 Å². The van der Waals surface area contributed by atoms with E-state index in [0.29, 0.717) is 43.4 Å². The Balaban J connectivity index is 1.46. The Kier molecular flexibility index (Phi) is 8.32. The number of rotatable bonds is 8. The second-order valence-corrected chi connectivity index (χ2v) is 9.65. The van der Waals surface area contributed by atoms with Gasteiger partial charge in [0.25, 0.3) is 11.8 Å². The zero-order valence-electron chi connectivity index (χ0n) is 19.6. The number of hydrogen-bond acceptors (Lipinski definition) is 7. The molecule has 190 valence electrons. The molecule has 1 heterocycles. The van der Waals surface area contributed by atoms with Crippen molar-refractivity contribution in [3.05, 3.63) is 82.0 Å². The van der Waals surface area contributed by atoms with E-state index in [1.54, 1.807) is 48.5 Å². The van der Waals surface area contributed by atoms with Crippen LogP contribution in [0.2, 0.25) is 5.02 Å². The van der Waals surface area contributed by atoms with Crippen LogP contribution >= 0.6 is 35.6 Å². The molecule has 0 unspecified atom stereocenters. The van der Waals surface area contributed by atoms with Crippen LogP contribution in [0.3, 0.4) is 0 Å². The molecule has 11 heteroatoms. The van der Waals surface area contributed by atoms with Crippen LogP contribution in [0.25, 0.3) is 6.08 Å². The molecule has 0 aromatic heterocycles. The lowest BCUT2D eigenvalue weighted by Crippen LogP contribution is -2.27. The number of hydrogen-bond donors (Lipinski definition) is 1. The molecule has 3 aromatic carbocycles. The molecular formula is C26H20ClFN2O5S2. The molecular weight excluding hydrogens is 539 g/mol. The van der Waals surface area contributed by atoms with Gasteiger partial charge in [-0.25, -0.2) is 4.39 Å². The summed E-state index contributed by atoms with van der Waals surface area (Å²) in [6.07, 6.45) is 1.66. The van der Waals surface area contributed by atoms with Crippen LogP contribution in [-0.2, 0) is 9.59 Å². The van der Waals surface area contributed by atoms with Gasteiger partial charge in [0.2, 0.25) is 0 Å². The molecule has 1 saturated heterocycles. The molecule has 0 radical (unpaired) electrons. The summed E-state index contributed by atoms with van der Waals surface area (Å²) in [6, 6.07) is 16.0. The Hall–Kier alpha value is -3.60. The number of carbonyl (C=O) groups is 2. The third kappa shape index (κ3) is 6.04. The predicted molar refractivity (Wildman–Crippen MR) is 147 cm³/mol. The van der Waals surface area contributed by atoms with Crippen LogP contribution in [0.5, 0.6) is 17.2 Å². The molecule has 3 aromatic rings. The number of benzene rings is 3. The largest absolute Gasteiger partial charge is 0.495 e. The van der Waals surface area contributed by atoms with Crippen LogP contribution < -0.4 is 24.4 Å². The van der Waals surface area contributed by atoms with Gasteiger partial charge in [0.1, 0.15) is 11.6 Å². The maximum Gasteiger partial charge on any atom is 0.270 e. The molecule has 7 nitrogen and oxygen atoms in total. The quantitative estimate of drug-likeness (QED) is 0.272. The maximum atomic E-state index is 13.5. The number of amides is 2. The van der Waals surface area contributed by atoms with Crippen molar-refractivity contribution in [3.63, 3.8) is 0 Å². The highest BCUT2D eigenvalue weighted by Crippen LogP contribution is 2.38. The van der Waals surface area contributed by atoms with Crippen LogP contribution in [0.4, 0.5) is 15.8 Å². The highest BCUT2D eigenvalue weighted by molar-refractivity contribution is 8.27. The second-order valence-electron chi connectivity index (χ2n) is 7.56. The van der Waals surface area contributed by atoms with Gasteiger partial charge in [-0.3, -0.25) is 14.5 Å². The molecule has 2 amide bonds. The summed E-state index contributed by atoms with van der Waals surface area (Å²) in [4.78, 5) is 27.1. The van der Waals surface area contributed by atoms with E-state index in [4.69, 9.17) is 38.0 Å². The number of nitrogens with one attached hydrogen (secondary N) is 1. The van der Waals surface area contributed by atoms with Crippen LogP contribution in [0, 0.1) is 5.82 Å². The number of thiocarbonyl (C=S) groups is 1. The fourth-order valence-corrected chi connectivity index (χ4v) is 4.91. The summed E-state index contributed by atoms with van der Waals surface area (Å²) < 4.78 is 30.1. The van der Waals surface area contributed by atoms with Crippen molar-refractivity contribution in [1.29, 1.82) is 0 Å². The van der Waals surface area contributed by atoms with E-state index in [2.05, 4.69) is 5.32 Å². The Labute approximate surface area is 227 Å². The SMILES string of the molecule is COc1ccccc1NC(=O)COc1ccc(/C=C2/SC(=S)N(c3ccc(F)c(Cl)c3)C2=O)cc1OC. The van der Waals surface area contributed by atoms with Crippen molar-refractivity contribution in [2.75, 3.05) is 31.0 Å². The molecule has 1 aliphatic rings. The smallest absolute Gasteiger partial charge is 0.270 e. The zero-order chi connectivity index (χ0) is 26.5. The topological polar surface area (TPSA) is 77.1 Å². The summed E-state index contributed by atoms with van der Waals surface area (Å²) in [5.41, 5.74) is 1.56. The molecule has 4 rings (SSSR count). The van der Waals surface area contributed by atoms with Crippen LogP contribution in [0.1, 0.15) is 5.56 Å². The average Bonchev–Trinajstić information content (AvgIpc) is 3.17. The number of thioether (sulfide) groups is 1. The molecule has 1 N–H and O–H groups in total. The minimum atomic E-state index is -0.585. The van der Waals surface area contributed by atoms with Gasteiger partial charge in [-0.2, -0.15) is 0 Å². The lowest BCUT2D eigenvalue weighted by molar-refractivity contribution is -0.118. The average molecular weight is 559 g/mol. The summed E-state index contributed by atoms with van der Waals surface area (Å²) in [7, 11) is 2.99. The molecule has 1 aliphatic heterocycles. The number of para-hydroxylation sites is 2. The summed E-state index contributed by atoms with van der Waals surface area (Å²) in [5, 5.41) is 2.63. The molecule has 0 bridgehead atoms. The molecule has 0 atom stereocenters. The van der Waals surface area contributed by atoms with Crippen LogP contribution in [0.15, 0.2) is 65.6 Å². The number of anilines is 2. The van der Waals surface area contributed by atoms with E-state index >= 15 is 0 Å². The summed E-state index contributed by atoms with van der Waals surface area (Å²) in [5.74, 6) is -0.0584. The number of nitrogens with zero attached hydrogens (tertiary/aromatic N) is 1. The fraction of sp³-hybridized carbons (Fsp3) is 0.115. The van der Waals surface area contributed by atoms with Crippen molar-refractivity contribution in [3.8, 4) is 17.2 Å². The highest BCUT2D eigenvalue weighted by Gasteiger charge is 2.33. The number of methoxy groups -OCH3 is 2. The van der Waals surface area contributed by atoms with Crippen molar-refractivity contribution in [1.82, 2.24) is 0 Å². The van der Waals surface area contributed by atoms with E-state index in [-0.39, 0.29) is 23.4 Å². The van der Waals surface area contributed by atoms with E-state index in [1.165, 1.54) is 37.3 Å². The van der Waals surface area contributed by atoms with E-state index in [0.717, 1.165) is 11.8 Å². The highest BCUT2D eigenvalue weighted by atomic mass is 35.5. The monoisotopic (exact) mass is 558 g/mol. The minimum Gasteiger partial charge on any atom is -0.495 e. The zero-order valence-corrected chi connectivity index (χ0v) is 22.0. The first-order valence-electron chi connectivity index (χ1n) is 10.8. The standard InChI is InChI=1S/C26H20ClFN2O5S2/c1-33-20-6-4-3-5-19(20)29-24(31)14-35-21-10-7-15(11-22(21)34-2)12-23-25(32)30(26(36)37-23)16-8-9-18(28)17(27)13-16/h3-13H,14H2,1-2H3,(H,29,31)/b23-12+. The Morgan fingerprint density at radius 1 is 1.08 bits per heavy atom. The van der Waals surface area contributed by atoms with E-state index in [1.807, 2.05) is 0 Å². The van der Waals surface area contributed by atoms with Gasteiger partial charge in [-0.15, -0.1) is 0 Å².